The van der Waals surface area contributed by atoms with E-state index in [1.165, 1.54) is 14.2 Å². The van der Waals surface area contributed by atoms with Crippen LogP contribution in [0.1, 0.15) is 71.8 Å². The average molecular weight is 877 g/mol. The van der Waals surface area contributed by atoms with E-state index in [2.05, 4.69) is 69.5 Å². The highest BCUT2D eigenvalue weighted by Gasteiger charge is 2.37. The minimum absolute atomic E-state index is 0.00375. The number of imidazole rings is 1. The molecule has 6 heterocycles. The van der Waals surface area contributed by atoms with Gasteiger partial charge in [0.25, 0.3) is 0 Å². The molecular weight excluding hydrogens is 825 g/mol. The number of aliphatic imine (C=N–C) groups is 1. The van der Waals surface area contributed by atoms with E-state index in [0.717, 1.165) is 75.0 Å². The molecule has 0 aliphatic carbocycles. The van der Waals surface area contributed by atoms with Crippen molar-refractivity contribution in [3.8, 4) is 22.4 Å². The second kappa shape index (κ2) is 19.8. The van der Waals surface area contributed by atoms with Gasteiger partial charge in [-0.25, -0.2) is 14.6 Å². The van der Waals surface area contributed by atoms with E-state index in [1.54, 1.807) is 22.7 Å². The molecule has 0 bridgehead atoms. The molecule has 0 spiro atoms. The van der Waals surface area contributed by atoms with Gasteiger partial charge in [0.1, 0.15) is 11.7 Å². The molecule has 5 aromatic rings. The molecule has 5 atom stereocenters. The number of H-pyrrole nitrogens is 1. The maximum atomic E-state index is 13.7. The lowest BCUT2D eigenvalue weighted by atomic mass is 9.99. The monoisotopic (exact) mass is 876 g/mol. The molecule has 14 nitrogen and oxygen atoms in total. The molecule has 0 radical (unpaired) electrons. The fourth-order valence-corrected chi connectivity index (χ4v) is 10.3. The number of amides is 4. The zero-order chi connectivity index (χ0) is 43.0. The number of nitrogens with one attached hydrogen (secondary N) is 4. The molecule has 3 aliphatic rings. The van der Waals surface area contributed by atoms with Gasteiger partial charge in [0.15, 0.2) is 0 Å². The van der Waals surface area contributed by atoms with Crippen LogP contribution < -0.4 is 16.0 Å². The molecule has 2 aromatic carbocycles. The van der Waals surface area contributed by atoms with Crippen LogP contribution in [0.3, 0.4) is 0 Å². The molecular formula is C46H52N8O6S2. The van der Waals surface area contributed by atoms with Gasteiger partial charge in [-0.3, -0.25) is 14.6 Å². The Labute approximate surface area is 369 Å². The van der Waals surface area contributed by atoms with E-state index < -0.39 is 12.2 Å². The summed E-state index contributed by atoms with van der Waals surface area (Å²) in [6.45, 7) is 1.89. The van der Waals surface area contributed by atoms with Crippen LogP contribution in [0.5, 0.6) is 0 Å². The first-order valence-electron chi connectivity index (χ1n) is 21.1. The molecule has 3 aliphatic heterocycles. The van der Waals surface area contributed by atoms with Gasteiger partial charge in [-0.05, 0) is 70.8 Å². The van der Waals surface area contributed by atoms with Crippen molar-refractivity contribution in [2.24, 2.45) is 4.99 Å². The summed E-state index contributed by atoms with van der Waals surface area (Å²) in [4.78, 5) is 70.6. The summed E-state index contributed by atoms with van der Waals surface area (Å²) in [5.74, 6) is 1.57. The summed E-state index contributed by atoms with van der Waals surface area (Å²) >= 11 is 3.20. The van der Waals surface area contributed by atoms with E-state index in [0.29, 0.717) is 32.5 Å². The number of aromatic nitrogens is 2. The zero-order valence-electron chi connectivity index (χ0n) is 34.9. The van der Waals surface area contributed by atoms with Crippen molar-refractivity contribution in [2.75, 3.05) is 33.9 Å². The Morgan fingerprint density at radius 1 is 0.742 bits per heavy atom. The van der Waals surface area contributed by atoms with E-state index >= 15 is 0 Å². The van der Waals surface area contributed by atoms with Crippen LogP contribution in [-0.2, 0) is 31.9 Å². The summed E-state index contributed by atoms with van der Waals surface area (Å²) in [5.41, 5.74) is 5.18. The third-order valence-corrected chi connectivity index (χ3v) is 13.7. The third-order valence-electron chi connectivity index (χ3n) is 11.9. The van der Waals surface area contributed by atoms with Crippen LogP contribution in [0.25, 0.3) is 22.4 Å². The summed E-state index contributed by atoms with van der Waals surface area (Å²) in [5, 5.41) is 13.3. The first-order chi connectivity index (χ1) is 30.2. The quantitative estimate of drug-likeness (QED) is 0.0851. The Hall–Kier alpha value is -6.00. The van der Waals surface area contributed by atoms with Gasteiger partial charge in [0, 0.05) is 60.6 Å². The summed E-state index contributed by atoms with van der Waals surface area (Å²) in [6.07, 6.45) is 5.64. The molecule has 2 fully saturated rings. The number of amidine groups is 1. The number of benzene rings is 2. The largest absolute Gasteiger partial charge is 0.453 e. The van der Waals surface area contributed by atoms with Gasteiger partial charge in [-0.2, -0.15) is 0 Å². The number of carbonyl (C=O) groups is 4. The first kappa shape index (κ1) is 42.7. The van der Waals surface area contributed by atoms with Gasteiger partial charge in [0.2, 0.25) is 11.8 Å². The predicted molar refractivity (Wildman–Crippen MR) is 240 cm³/mol. The lowest BCUT2D eigenvalue weighted by Crippen LogP contribution is -2.47. The number of ether oxygens (including phenoxy) is 2. The summed E-state index contributed by atoms with van der Waals surface area (Å²) in [6, 6.07) is 23.8. The van der Waals surface area contributed by atoms with Crippen molar-refractivity contribution in [2.45, 2.75) is 81.6 Å². The number of rotatable bonds is 15. The number of alkyl carbamates (subject to hydrolysis) is 2. The third kappa shape index (κ3) is 10.2. The van der Waals surface area contributed by atoms with Crippen LogP contribution in [-0.4, -0.2) is 102 Å². The Balaban J connectivity index is 0.854. The van der Waals surface area contributed by atoms with Crippen molar-refractivity contribution in [3.63, 3.8) is 0 Å². The highest BCUT2D eigenvalue weighted by Crippen LogP contribution is 2.34. The molecule has 62 heavy (non-hydrogen) atoms. The van der Waals surface area contributed by atoms with Gasteiger partial charge in [-0.1, -0.05) is 60.7 Å². The molecule has 2 saturated heterocycles. The maximum absolute atomic E-state index is 13.7. The smallest absolute Gasteiger partial charge is 0.407 e. The first-order valence-corrected chi connectivity index (χ1v) is 22.9. The van der Waals surface area contributed by atoms with Crippen LogP contribution >= 0.6 is 22.7 Å². The molecule has 0 saturated carbocycles. The topological polar surface area (TPSA) is 170 Å². The predicted octanol–water partition coefficient (Wildman–Crippen LogP) is 7.28. The number of nitrogens with zero attached hydrogens (tertiary/aromatic N) is 4. The van der Waals surface area contributed by atoms with Crippen molar-refractivity contribution in [1.82, 2.24) is 35.7 Å². The number of hydrogen-bond acceptors (Lipinski definition) is 11. The summed E-state index contributed by atoms with van der Waals surface area (Å²) < 4.78 is 9.68. The van der Waals surface area contributed by atoms with Crippen LogP contribution in [0, 0.1) is 0 Å². The van der Waals surface area contributed by atoms with Crippen molar-refractivity contribution in [3.05, 3.63) is 111 Å². The van der Waals surface area contributed by atoms with E-state index in [9.17, 15) is 19.2 Å². The Bertz CT molecular complexity index is 2330. The average Bonchev–Trinajstić information content (AvgIpc) is 4.14. The molecule has 4 N–H and O–H groups in total. The van der Waals surface area contributed by atoms with Gasteiger partial charge >= 0.3 is 12.2 Å². The number of carbonyl (C=O) groups excluding carboxylic acids is 4. The molecule has 4 amide bonds. The van der Waals surface area contributed by atoms with Crippen LogP contribution in [0.4, 0.5) is 9.59 Å². The highest BCUT2D eigenvalue weighted by molar-refractivity contribution is 7.10. The highest BCUT2D eigenvalue weighted by atomic mass is 32.1. The molecule has 3 aromatic heterocycles. The van der Waals surface area contributed by atoms with E-state index in [1.807, 2.05) is 51.0 Å². The Kier molecular flexibility index (Phi) is 13.6. The number of hydrogen-bond donors (Lipinski definition) is 4. The number of thiophene rings is 2. The fourth-order valence-electron chi connectivity index (χ4n) is 8.75. The van der Waals surface area contributed by atoms with Crippen molar-refractivity contribution in [1.29, 1.82) is 0 Å². The van der Waals surface area contributed by atoms with E-state index in [-0.39, 0.29) is 54.9 Å². The van der Waals surface area contributed by atoms with Crippen LogP contribution in [0.15, 0.2) is 94.7 Å². The number of likely N-dealkylation sites (tertiary alicyclic amines) is 2. The number of methoxy groups -OCH3 is 2. The second-order valence-electron chi connectivity index (χ2n) is 15.9. The van der Waals surface area contributed by atoms with Crippen molar-refractivity contribution < 1.29 is 28.7 Å². The lowest BCUT2D eigenvalue weighted by molar-refractivity contribution is -0.133. The second-order valence-corrected chi connectivity index (χ2v) is 18.0. The Morgan fingerprint density at radius 2 is 1.27 bits per heavy atom. The normalized spacial score (nSPS) is 19.4. The molecule has 16 heteroatoms. The van der Waals surface area contributed by atoms with Gasteiger partial charge < -0.3 is 40.2 Å². The van der Waals surface area contributed by atoms with Crippen molar-refractivity contribution >= 4 is 52.5 Å². The zero-order valence-corrected chi connectivity index (χ0v) is 36.5. The van der Waals surface area contributed by atoms with Gasteiger partial charge in [-0.15, -0.1) is 22.7 Å². The standard InChI is InChI=1S/C46H52N8O6S2/c1-59-45(57)49-33(23-35-7-5-21-61-35)25-41(55)53-19-3-9-39(53)43-47-27-37(51-43)31-15-11-29(12-16-31)30-13-17-32(18-14-30)38-28-48-44(52-38)40-10-4-20-54(40)42(56)26-34(50-46(58)60-2)24-36-8-6-22-62-36/h5-8,11-18,21-22,27,33-34,38-40H,3-4,9-10,19-20,23-26,28H2,1-2H3,(H,47,51)(H,48,52)(H,49,57)(H,50,58)/t33-,34-,38?,39+,40+/m1/s1. The maximum Gasteiger partial charge on any atom is 0.407 e. The summed E-state index contributed by atoms with van der Waals surface area (Å²) in [7, 11) is 2.66. The lowest BCUT2D eigenvalue weighted by Gasteiger charge is -2.28. The molecule has 324 valence electrons. The van der Waals surface area contributed by atoms with Gasteiger partial charge in [0.05, 0.1) is 50.8 Å². The Morgan fingerprint density at radius 3 is 1.82 bits per heavy atom. The van der Waals surface area contributed by atoms with E-state index in [4.69, 9.17) is 19.5 Å². The minimum Gasteiger partial charge on any atom is -0.453 e. The fraction of sp³-hybridized carbons (Fsp3) is 0.391. The number of aromatic amines is 1. The molecule has 1 unspecified atom stereocenters. The van der Waals surface area contributed by atoms with Crippen LogP contribution in [0.2, 0.25) is 0 Å². The minimum atomic E-state index is -0.547. The SMILES string of the molecule is COC(=O)N[C@@H](CC(=O)N1CCC[C@H]1C1=NCC(c2ccc(-c3ccc(-c4cnc([C@@H]5CCCN5C(=O)C[C@@H](Cc5cccs5)NC(=O)OC)[nH]4)cc3)cc2)N1)Cc1cccs1. The molecule has 8 rings (SSSR count).